The normalized spacial score (nSPS) is 10.7. The SMILES string of the molecule is C=C(C)NCc1ccc(-c2cc(F)c(Nc3ncc(Cl)c(Nc4cc(C)[nH]n4)n3)cc2C)cc1. The fraction of sp³-hybridized carbons (Fsp3) is 0.160. The Labute approximate surface area is 202 Å². The first-order valence-corrected chi connectivity index (χ1v) is 11.0. The molecule has 2 heterocycles. The molecule has 4 N–H and O–H groups in total. The van der Waals surface area contributed by atoms with Crippen LogP contribution in [-0.4, -0.2) is 20.2 Å². The average molecular weight is 478 g/mol. The Morgan fingerprint density at radius 3 is 2.56 bits per heavy atom. The van der Waals surface area contributed by atoms with E-state index < -0.39 is 5.82 Å². The summed E-state index contributed by atoms with van der Waals surface area (Å²) < 4.78 is 15.0. The average Bonchev–Trinajstić information content (AvgIpc) is 3.21. The van der Waals surface area contributed by atoms with Gasteiger partial charge in [0.1, 0.15) is 10.8 Å². The molecule has 4 aromatic rings. The van der Waals surface area contributed by atoms with Crippen molar-refractivity contribution in [1.29, 1.82) is 0 Å². The fourth-order valence-electron chi connectivity index (χ4n) is 3.38. The zero-order valence-electron chi connectivity index (χ0n) is 19.1. The van der Waals surface area contributed by atoms with E-state index in [-0.39, 0.29) is 11.6 Å². The van der Waals surface area contributed by atoms with E-state index >= 15 is 4.39 Å². The van der Waals surface area contributed by atoms with Gasteiger partial charge in [0.25, 0.3) is 0 Å². The van der Waals surface area contributed by atoms with Crippen LogP contribution in [0.4, 0.5) is 27.7 Å². The number of aryl methyl sites for hydroxylation is 2. The number of H-pyrrole nitrogens is 1. The Morgan fingerprint density at radius 2 is 1.88 bits per heavy atom. The minimum atomic E-state index is -0.412. The van der Waals surface area contributed by atoms with Gasteiger partial charge in [0.2, 0.25) is 5.95 Å². The number of halogens is 2. The molecule has 174 valence electrons. The molecule has 0 unspecified atom stereocenters. The summed E-state index contributed by atoms with van der Waals surface area (Å²) in [5.41, 5.74) is 5.86. The van der Waals surface area contributed by atoms with Gasteiger partial charge in [-0.25, -0.2) is 9.37 Å². The molecule has 0 fully saturated rings. The summed E-state index contributed by atoms with van der Waals surface area (Å²) in [6.45, 7) is 10.3. The number of rotatable bonds is 8. The molecular weight excluding hydrogens is 453 g/mol. The number of hydrogen-bond acceptors (Lipinski definition) is 6. The van der Waals surface area contributed by atoms with Gasteiger partial charge in [0, 0.05) is 24.0 Å². The molecule has 9 heteroatoms. The van der Waals surface area contributed by atoms with Crippen molar-refractivity contribution < 1.29 is 4.39 Å². The first-order chi connectivity index (χ1) is 16.3. The number of aromatic amines is 1. The van der Waals surface area contributed by atoms with Gasteiger partial charge in [-0.3, -0.25) is 5.10 Å². The van der Waals surface area contributed by atoms with Gasteiger partial charge in [0.05, 0.1) is 11.9 Å². The second-order valence-electron chi connectivity index (χ2n) is 8.05. The van der Waals surface area contributed by atoms with Crippen LogP contribution in [-0.2, 0) is 6.54 Å². The Bertz CT molecular complexity index is 1330. The molecule has 0 radical (unpaired) electrons. The number of benzene rings is 2. The van der Waals surface area contributed by atoms with E-state index in [1.807, 2.05) is 51.1 Å². The van der Waals surface area contributed by atoms with Crippen LogP contribution in [0.5, 0.6) is 0 Å². The molecule has 4 rings (SSSR count). The molecule has 0 aliphatic carbocycles. The summed E-state index contributed by atoms with van der Waals surface area (Å²) in [7, 11) is 0. The van der Waals surface area contributed by atoms with E-state index in [0.29, 0.717) is 23.2 Å². The predicted molar refractivity (Wildman–Crippen MR) is 135 cm³/mol. The highest BCUT2D eigenvalue weighted by atomic mass is 35.5. The summed E-state index contributed by atoms with van der Waals surface area (Å²) in [6.07, 6.45) is 1.45. The minimum absolute atomic E-state index is 0.208. The lowest BCUT2D eigenvalue weighted by molar-refractivity contribution is 0.631. The third kappa shape index (κ3) is 5.52. The zero-order chi connectivity index (χ0) is 24.2. The van der Waals surface area contributed by atoms with Crippen LogP contribution in [0.1, 0.15) is 23.7 Å². The lowest BCUT2D eigenvalue weighted by atomic mass is 9.98. The highest BCUT2D eigenvalue weighted by Crippen LogP contribution is 2.31. The standard InChI is InChI=1S/C25H25ClFN7/c1-14(2)28-12-17-5-7-18(8-6-17)19-11-21(27)22(9-15(19)3)30-25-29-13-20(26)24(32-25)31-23-10-16(4)33-34-23/h5-11,13,28H,1,12H2,2-4H3,(H3,29,30,31,32,33,34). The molecule has 2 aromatic heterocycles. The maximum Gasteiger partial charge on any atom is 0.229 e. The predicted octanol–water partition coefficient (Wildman–Crippen LogP) is 6.39. The third-order valence-corrected chi connectivity index (χ3v) is 5.39. The summed E-state index contributed by atoms with van der Waals surface area (Å²) in [5.74, 6) is 0.724. The van der Waals surface area contributed by atoms with Gasteiger partial charge in [-0.2, -0.15) is 10.1 Å². The molecule has 7 nitrogen and oxygen atoms in total. The molecule has 0 atom stereocenters. The van der Waals surface area contributed by atoms with Gasteiger partial charge < -0.3 is 16.0 Å². The number of aromatic nitrogens is 4. The van der Waals surface area contributed by atoms with Crippen molar-refractivity contribution in [2.24, 2.45) is 0 Å². The van der Waals surface area contributed by atoms with Crippen molar-refractivity contribution in [1.82, 2.24) is 25.5 Å². The Morgan fingerprint density at radius 1 is 1.12 bits per heavy atom. The van der Waals surface area contributed by atoms with Crippen LogP contribution < -0.4 is 16.0 Å². The van der Waals surface area contributed by atoms with Gasteiger partial charge in [-0.05, 0) is 55.2 Å². The lowest BCUT2D eigenvalue weighted by Gasteiger charge is -2.13. The van der Waals surface area contributed by atoms with Crippen molar-refractivity contribution >= 4 is 34.9 Å². The molecule has 2 aromatic carbocycles. The molecule has 0 saturated heterocycles. The van der Waals surface area contributed by atoms with E-state index in [2.05, 4.69) is 42.7 Å². The van der Waals surface area contributed by atoms with Crippen LogP contribution in [0.2, 0.25) is 5.02 Å². The van der Waals surface area contributed by atoms with E-state index in [4.69, 9.17) is 11.6 Å². The van der Waals surface area contributed by atoms with Crippen molar-refractivity contribution in [2.45, 2.75) is 27.3 Å². The zero-order valence-corrected chi connectivity index (χ0v) is 19.9. The number of nitrogens with one attached hydrogen (secondary N) is 4. The molecule has 0 amide bonds. The van der Waals surface area contributed by atoms with E-state index in [1.54, 1.807) is 6.07 Å². The van der Waals surface area contributed by atoms with Crippen molar-refractivity contribution in [3.63, 3.8) is 0 Å². The van der Waals surface area contributed by atoms with Crippen LogP contribution >= 0.6 is 11.6 Å². The molecule has 34 heavy (non-hydrogen) atoms. The van der Waals surface area contributed by atoms with Crippen molar-refractivity contribution in [3.05, 3.63) is 88.6 Å². The number of allylic oxidation sites excluding steroid dienone is 1. The number of anilines is 4. The van der Waals surface area contributed by atoms with E-state index in [0.717, 1.165) is 33.6 Å². The number of hydrogen-bond donors (Lipinski definition) is 4. The summed E-state index contributed by atoms with van der Waals surface area (Å²) in [4.78, 5) is 8.54. The third-order valence-electron chi connectivity index (χ3n) is 5.12. The second-order valence-corrected chi connectivity index (χ2v) is 8.46. The van der Waals surface area contributed by atoms with Gasteiger partial charge >= 0.3 is 0 Å². The monoisotopic (exact) mass is 477 g/mol. The highest BCUT2D eigenvalue weighted by Gasteiger charge is 2.13. The maximum atomic E-state index is 15.0. The van der Waals surface area contributed by atoms with E-state index in [9.17, 15) is 0 Å². The Kier molecular flexibility index (Phi) is 6.79. The maximum absolute atomic E-state index is 15.0. The van der Waals surface area contributed by atoms with Gasteiger partial charge in [-0.15, -0.1) is 0 Å². The van der Waals surface area contributed by atoms with Crippen molar-refractivity contribution in [2.75, 3.05) is 10.6 Å². The molecule has 0 saturated carbocycles. The van der Waals surface area contributed by atoms with Crippen molar-refractivity contribution in [3.8, 4) is 11.1 Å². The lowest BCUT2D eigenvalue weighted by Crippen LogP contribution is -2.08. The van der Waals surface area contributed by atoms with E-state index in [1.165, 1.54) is 12.3 Å². The highest BCUT2D eigenvalue weighted by molar-refractivity contribution is 6.32. The topological polar surface area (TPSA) is 90.6 Å². The summed E-state index contributed by atoms with van der Waals surface area (Å²) in [5, 5.41) is 16.4. The molecule has 0 aliphatic rings. The largest absolute Gasteiger partial charge is 0.385 e. The smallest absolute Gasteiger partial charge is 0.229 e. The molecule has 0 bridgehead atoms. The Hall–Kier alpha value is -3.91. The van der Waals surface area contributed by atoms with Crippen LogP contribution in [0, 0.1) is 19.7 Å². The summed E-state index contributed by atoms with van der Waals surface area (Å²) >= 11 is 6.21. The van der Waals surface area contributed by atoms with Gasteiger partial charge in [-0.1, -0.05) is 42.4 Å². The molecular formula is C25H25ClFN7. The van der Waals surface area contributed by atoms with Gasteiger partial charge in [0.15, 0.2) is 11.6 Å². The minimum Gasteiger partial charge on any atom is -0.385 e. The fourth-order valence-corrected chi connectivity index (χ4v) is 3.52. The second kappa shape index (κ2) is 9.93. The Balaban J connectivity index is 1.53. The first-order valence-electron chi connectivity index (χ1n) is 10.7. The summed E-state index contributed by atoms with van der Waals surface area (Å²) in [6, 6.07) is 13.1. The first kappa shape index (κ1) is 23.3. The number of nitrogens with zero attached hydrogens (tertiary/aromatic N) is 3. The van der Waals surface area contributed by atoms with Crippen LogP contribution in [0.3, 0.4) is 0 Å². The molecule has 0 aliphatic heterocycles. The molecule has 0 spiro atoms. The quantitative estimate of drug-likeness (QED) is 0.235. The van der Waals surface area contributed by atoms with Crippen LogP contribution in [0.25, 0.3) is 11.1 Å². The van der Waals surface area contributed by atoms with Crippen LogP contribution in [0.15, 0.2) is 60.9 Å².